The summed E-state index contributed by atoms with van der Waals surface area (Å²) in [5.74, 6) is -0.568. The number of imide groups is 1. The van der Waals surface area contributed by atoms with Crippen LogP contribution in [-0.4, -0.2) is 119 Å². The molecule has 3 N–H and O–H groups in total. The molecular formula is C35H43N9O5. The lowest BCUT2D eigenvalue weighted by Gasteiger charge is -2.44. The maximum Gasteiger partial charge on any atom is 0.278 e. The molecule has 3 aromatic rings. The molecule has 0 bridgehead atoms. The summed E-state index contributed by atoms with van der Waals surface area (Å²) in [4.78, 5) is 71.0. The number of piperazine rings is 1. The van der Waals surface area contributed by atoms with Gasteiger partial charge in [-0.3, -0.25) is 29.3 Å². The summed E-state index contributed by atoms with van der Waals surface area (Å²) in [5, 5.41) is 10.7. The van der Waals surface area contributed by atoms with E-state index >= 15 is 0 Å². The molecule has 1 atom stereocenters. The van der Waals surface area contributed by atoms with Crippen LogP contribution in [0.1, 0.15) is 47.6 Å². The van der Waals surface area contributed by atoms with Crippen LogP contribution in [0.4, 0.5) is 5.69 Å². The van der Waals surface area contributed by atoms with Crippen LogP contribution >= 0.6 is 0 Å². The highest BCUT2D eigenvalue weighted by molar-refractivity contribution is 5.99. The van der Waals surface area contributed by atoms with Crippen molar-refractivity contribution in [3.63, 3.8) is 0 Å². The van der Waals surface area contributed by atoms with Crippen molar-refractivity contribution in [2.75, 3.05) is 70.3 Å². The van der Waals surface area contributed by atoms with Gasteiger partial charge >= 0.3 is 0 Å². The Morgan fingerprint density at radius 2 is 1.59 bits per heavy atom. The van der Waals surface area contributed by atoms with E-state index in [1.807, 2.05) is 23.1 Å². The second-order valence-electron chi connectivity index (χ2n) is 13.8. The van der Waals surface area contributed by atoms with E-state index in [1.165, 1.54) is 5.56 Å². The molecule has 258 valence electrons. The number of aromatic nitrogens is 3. The Morgan fingerprint density at radius 1 is 0.878 bits per heavy atom. The van der Waals surface area contributed by atoms with E-state index in [2.05, 4.69) is 30.3 Å². The maximum atomic E-state index is 13.4. The van der Waals surface area contributed by atoms with Crippen LogP contribution in [0.5, 0.6) is 0 Å². The molecule has 4 aliphatic rings. The molecule has 14 nitrogen and oxygen atoms in total. The molecule has 4 saturated heterocycles. The van der Waals surface area contributed by atoms with Gasteiger partial charge in [-0.05, 0) is 67.5 Å². The number of benzene rings is 2. The summed E-state index contributed by atoms with van der Waals surface area (Å²) in [6, 6.07) is 12.1. The molecule has 0 spiro atoms. The summed E-state index contributed by atoms with van der Waals surface area (Å²) < 4.78 is 1.07. The molecule has 14 heteroatoms. The van der Waals surface area contributed by atoms with Crippen molar-refractivity contribution < 1.29 is 19.2 Å². The number of fused-ring (bicyclic) bond motifs is 1. The fourth-order valence-corrected chi connectivity index (χ4v) is 7.48. The van der Waals surface area contributed by atoms with E-state index in [-0.39, 0.29) is 30.6 Å². The third-order valence-corrected chi connectivity index (χ3v) is 10.6. The van der Waals surface area contributed by atoms with Crippen LogP contribution in [0.15, 0.2) is 47.3 Å². The number of nitrogens with zero attached hydrogens (tertiary/aromatic N) is 7. The molecule has 49 heavy (non-hydrogen) atoms. The Morgan fingerprint density at radius 3 is 2.29 bits per heavy atom. The van der Waals surface area contributed by atoms with Gasteiger partial charge in [0.15, 0.2) is 0 Å². The largest absolute Gasteiger partial charge is 0.370 e. The Labute approximate surface area is 284 Å². The monoisotopic (exact) mass is 669 g/mol. The first-order chi connectivity index (χ1) is 23.7. The first-order valence-electron chi connectivity index (χ1n) is 17.3. The number of nitrogens with one attached hydrogen (secondary N) is 1. The normalized spacial score (nSPS) is 21.5. The third-order valence-electron chi connectivity index (χ3n) is 10.6. The van der Waals surface area contributed by atoms with Crippen molar-refractivity contribution in [2.24, 2.45) is 17.6 Å². The quantitative estimate of drug-likeness (QED) is 0.305. The number of carbonyl (C=O) groups is 4. The minimum atomic E-state index is -0.871. The van der Waals surface area contributed by atoms with Crippen LogP contribution in [0.3, 0.4) is 0 Å². The van der Waals surface area contributed by atoms with Crippen molar-refractivity contribution in [3.05, 3.63) is 63.9 Å². The second-order valence-corrected chi connectivity index (χ2v) is 13.8. The highest BCUT2D eigenvalue weighted by Gasteiger charge is 2.37. The summed E-state index contributed by atoms with van der Waals surface area (Å²) in [6.45, 7) is 9.08. The van der Waals surface area contributed by atoms with Crippen LogP contribution in [0.25, 0.3) is 10.9 Å². The predicted octanol–water partition coefficient (Wildman–Crippen LogP) is 0.403. The molecule has 0 aliphatic carbocycles. The van der Waals surface area contributed by atoms with Gasteiger partial charge in [-0.25, -0.2) is 0 Å². The lowest BCUT2D eigenvalue weighted by molar-refractivity contribution is -0.138. The number of piperidine rings is 2. The van der Waals surface area contributed by atoms with E-state index in [4.69, 9.17) is 5.73 Å². The maximum absolute atomic E-state index is 13.4. The molecule has 4 aliphatic heterocycles. The lowest BCUT2D eigenvalue weighted by atomic mass is 9.92. The smallest absolute Gasteiger partial charge is 0.278 e. The molecule has 0 radical (unpaired) electrons. The summed E-state index contributed by atoms with van der Waals surface area (Å²) >= 11 is 0. The Hall–Kier alpha value is -4.69. The van der Waals surface area contributed by atoms with Crippen molar-refractivity contribution in [3.8, 4) is 0 Å². The molecule has 2 aromatic carbocycles. The zero-order chi connectivity index (χ0) is 34.1. The molecule has 4 fully saturated rings. The van der Waals surface area contributed by atoms with Crippen LogP contribution in [-0.2, 0) is 20.8 Å². The first-order valence-corrected chi connectivity index (χ1v) is 17.3. The van der Waals surface area contributed by atoms with Crippen LogP contribution in [0.2, 0.25) is 0 Å². The number of anilines is 1. The molecule has 7 rings (SSSR count). The SMILES string of the molecule is NC(=O)c1ccc(CCN2CCN(CC3CCN(C(=O)C4CN(c5ccc6nnn(C7CCC(=O)NC7=O)c(=O)c6c5)C4)CC3)CC2)cc1. The summed E-state index contributed by atoms with van der Waals surface area (Å²) in [5.41, 5.74) is 7.93. The van der Waals surface area contributed by atoms with E-state index in [1.54, 1.807) is 24.3 Å². The van der Waals surface area contributed by atoms with E-state index < -0.39 is 23.4 Å². The van der Waals surface area contributed by atoms with Crippen LogP contribution in [0, 0.1) is 11.8 Å². The number of carbonyl (C=O) groups excluding carboxylic acids is 4. The lowest BCUT2D eigenvalue weighted by Crippen LogP contribution is -2.56. The van der Waals surface area contributed by atoms with Gasteiger partial charge in [-0.1, -0.05) is 17.3 Å². The molecular weight excluding hydrogens is 626 g/mol. The number of hydrogen-bond donors (Lipinski definition) is 2. The van der Waals surface area contributed by atoms with Crippen molar-refractivity contribution in [2.45, 2.75) is 38.1 Å². The van der Waals surface area contributed by atoms with E-state index in [0.29, 0.717) is 35.5 Å². The minimum absolute atomic E-state index is 0.0721. The van der Waals surface area contributed by atoms with Gasteiger partial charge in [-0.2, -0.15) is 4.68 Å². The summed E-state index contributed by atoms with van der Waals surface area (Å²) in [7, 11) is 0. The van der Waals surface area contributed by atoms with Gasteiger partial charge in [0.25, 0.3) is 11.5 Å². The zero-order valence-electron chi connectivity index (χ0n) is 27.6. The van der Waals surface area contributed by atoms with Crippen molar-refractivity contribution in [1.29, 1.82) is 0 Å². The molecule has 4 amide bonds. The number of rotatable bonds is 9. The topological polar surface area (TPSA) is 167 Å². The van der Waals surface area contributed by atoms with Crippen LogP contribution < -0.4 is 21.5 Å². The average Bonchev–Trinajstić information content (AvgIpc) is 3.08. The first kappa shape index (κ1) is 32.8. The second kappa shape index (κ2) is 14.0. The third kappa shape index (κ3) is 7.20. The van der Waals surface area contributed by atoms with Gasteiger partial charge in [0, 0.05) is 83.1 Å². The highest BCUT2D eigenvalue weighted by atomic mass is 16.2. The van der Waals surface area contributed by atoms with Crippen molar-refractivity contribution in [1.82, 2.24) is 35.0 Å². The van der Waals surface area contributed by atoms with Gasteiger partial charge in [0.2, 0.25) is 17.7 Å². The van der Waals surface area contributed by atoms with Gasteiger partial charge in [-0.15, -0.1) is 5.10 Å². The molecule has 1 aromatic heterocycles. The number of hydrogen-bond acceptors (Lipinski definition) is 10. The fraction of sp³-hybridized carbons (Fsp3) is 0.514. The molecule has 1 unspecified atom stereocenters. The average molecular weight is 670 g/mol. The number of nitrogens with two attached hydrogens (primary N) is 1. The Bertz CT molecular complexity index is 1790. The van der Waals surface area contributed by atoms with Crippen molar-refractivity contribution >= 4 is 40.2 Å². The van der Waals surface area contributed by atoms with Gasteiger partial charge in [0.1, 0.15) is 11.6 Å². The predicted molar refractivity (Wildman–Crippen MR) is 182 cm³/mol. The Kier molecular flexibility index (Phi) is 9.41. The number of amides is 4. The minimum Gasteiger partial charge on any atom is -0.370 e. The van der Waals surface area contributed by atoms with E-state index in [9.17, 15) is 24.0 Å². The highest BCUT2D eigenvalue weighted by Crippen LogP contribution is 2.29. The fourth-order valence-electron chi connectivity index (χ4n) is 7.48. The molecule has 0 saturated carbocycles. The van der Waals surface area contributed by atoms with E-state index in [0.717, 1.165) is 82.0 Å². The summed E-state index contributed by atoms with van der Waals surface area (Å²) in [6.07, 6.45) is 3.34. The number of likely N-dealkylation sites (tertiary alicyclic amines) is 1. The van der Waals surface area contributed by atoms with Gasteiger partial charge in [0.05, 0.1) is 11.3 Å². The zero-order valence-corrected chi connectivity index (χ0v) is 27.6. The Balaban J connectivity index is 0.842. The molecule has 5 heterocycles. The standard InChI is InChI=1S/C35H43N9O5/c36-32(46)25-3-1-23(2-4-25)9-12-40-15-17-41(18-16-40)20-24-10-13-42(14-11-24)34(48)26-21-43(22-26)27-5-6-29-28(19-27)35(49)44(39-38-29)30-7-8-31(45)37-33(30)47/h1-6,19,24,26,30H,7-18,20-22H2,(H2,36,46)(H,37,45,47). The van der Waals surface area contributed by atoms with Gasteiger partial charge < -0.3 is 25.3 Å². The number of primary amides is 1.